The Morgan fingerprint density at radius 2 is 1.81 bits per heavy atom. The van der Waals surface area contributed by atoms with E-state index in [0.29, 0.717) is 56.2 Å². The molecule has 0 spiro atoms. The van der Waals surface area contributed by atoms with Gasteiger partial charge in [-0.2, -0.15) is 23.1 Å². The van der Waals surface area contributed by atoms with Gasteiger partial charge in [-0.25, -0.2) is 9.78 Å². The number of carbonyl (C=O) groups excluding carboxylic acids is 2. The lowest BCUT2D eigenvalue weighted by molar-refractivity contribution is -0.137. The first-order valence-corrected chi connectivity index (χ1v) is 12.8. The number of pyridine rings is 1. The first-order chi connectivity index (χ1) is 20.1. The number of benzene rings is 1. The molecule has 0 bridgehead atoms. The van der Waals surface area contributed by atoms with Crippen molar-refractivity contribution in [3.8, 4) is 5.88 Å². The molecule has 0 atom stereocenters. The zero-order valence-corrected chi connectivity index (χ0v) is 22.9. The van der Waals surface area contributed by atoms with E-state index in [-0.39, 0.29) is 23.6 Å². The largest absolute Gasteiger partial charge is 0.479 e. The monoisotopic (exact) mass is 586 g/mol. The second kappa shape index (κ2) is 13.1. The quantitative estimate of drug-likeness (QED) is 0.301. The highest BCUT2D eigenvalue weighted by molar-refractivity contribution is 5.99. The number of halogens is 3. The lowest BCUT2D eigenvalue weighted by Crippen LogP contribution is -2.49. The van der Waals surface area contributed by atoms with Gasteiger partial charge in [-0.1, -0.05) is 12.6 Å². The van der Waals surface area contributed by atoms with E-state index in [1.54, 1.807) is 36.1 Å². The van der Waals surface area contributed by atoms with Crippen LogP contribution in [-0.4, -0.2) is 71.7 Å². The van der Waals surface area contributed by atoms with Crippen molar-refractivity contribution in [2.24, 2.45) is 0 Å². The van der Waals surface area contributed by atoms with Gasteiger partial charge in [-0.05, 0) is 43.3 Å². The normalized spacial score (nSPS) is 13.3. The Morgan fingerprint density at radius 1 is 1.07 bits per heavy atom. The number of nitrogens with one attached hydrogen (secondary N) is 3. The number of anilines is 6. The molecule has 1 fully saturated rings. The molecule has 1 aromatic carbocycles. The Kier molecular flexibility index (Phi) is 9.29. The maximum Gasteiger partial charge on any atom is 0.421 e. The number of aromatic nitrogens is 3. The van der Waals surface area contributed by atoms with Crippen molar-refractivity contribution in [2.45, 2.75) is 13.1 Å². The van der Waals surface area contributed by atoms with Crippen LogP contribution >= 0.6 is 0 Å². The van der Waals surface area contributed by atoms with Crippen LogP contribution in [0.3, 0.4) is 0 Å². The zero-order valence-electron chi connectivity index (χ0n) is 22.9. The average Bonchev–Trinajstić information content (AvgIpc) is 2.97. The minimum atomic E-state index is -4.74. The van der Waals surface area contributed by atoms with Crippen LogP contribution in [0.1, 0.15) is 12.5 Å². The summed E-state index contributed by atoms with van der Waals surface area (Å²) in [5.74, 6) is -0.346. The van der Waals surface area contributed by atoms with Crippen LogP contribution in [-0.2, 0) is 15.7 Å². The molecule has 0 saturated carbocycles. The highest BCUT2D eigenvalue weighted by Crippen LogP contribution is 2.36. The van der Waals surface area contributed by atoms with Crippen LogP contribution in [0.5, 0.6) is 5.88 Å². The number of nitrogens with zero attached hydrogens (tertiary/aromatic N) is 5. The molecule has 1 aliphatic rings. The number of rotatable bonds is 9. The summed E-state index contributed by atoms with van der Waals surface area (Å²) in [6, 6.07) is 9.49. The van der Waals surface area contributed by atoms with E-state index >= 15 is 0 Å². The summed E-state index contributed by atoms with van der Waals surface area (Å²) >= 11 is 0. The van der Waals surface area contributed by atoms with E-state index in [4.69, 9.17) is 9.47 Å². The first-order valence-electron chi connectivity index (χ1n) is 12.8. The standard InChI is InChI=1S/C27H29F3N8O4/c1-4-22(39)32-17-7-6-8-18(15-17)33-23-19(27(28,29)30)16-31-25(36-23)34-20-9-10-21(35-24(20)41-3)37-11-13-38(14-12-37)26(40)42-5-2/h4,6-10,15-16H,1,5,11-14H2,2-3H3,(H,32,39)(H2,31,33,34,36). The SMILES string of the molecule is C=CC(=O)Nc1cccc(Nc2nc(Nc3ccc(N4CCN(C(=O)OCC)CC4)nc3OC)ncc2C(F)(F)F)c1. The van der Waals surface area contributed by atoms with Crippen molar-refractivity contribution in [1.82, 2.24) is 19.9 Å². The number of hydrogen-bond donors (Lipinski definition) is 3. The van der Waals surface area contributed by atoms with E-state index in [2.05, 4.69) is 37.5 Å². The van der Waals surface area contributed by atoms with Gasteiger partial charge in [0.15, 0.2) is 0 Å². The van der Waals surface area contributed by atoms with Gasteiger partial charge in [0.2, 0.25) is 17.7 Å². The first kappa shape index (κ1) is 29.9. The average molecular weight is 587 g/mol. The van der Waals surface area contributed by atoms with Gasteiger partial charge in [-0.3, -0.25) is 4.79 Å². The van der Waals surface area contributed by atoms with Crippen molar-refractivity contribution in [1.29, 1.82) is 0 Å². The van der Waals surface area contributed by atoms with Crippen molar-refractivity contribution in [2.75, 3.05) is 60.7 Å². The maximum absolute atomic E-state index is 13.8. The molecule has 222 valence electrons. The molecule has 1 aliphatic heterocycles. The summed E-state index contributed by atoms with van der Waals surface area (Å²) < 4.78 is 51.8. The molecule has 0 radical (unpaired) electrons. The van der Waals surface area contributed by atoms with Crippen LogP contribution < -0.4 is 25.6 Å². The van der Waals surface area contributed by atoms with E-state index < -0.39 is 23.5 Å². The summed E-state index contributed by atoms with van der Waals surface area (Å²) in [7, 11) is 1.41. The summed E-state index contributed by atoms with van der Waals surface area (Å²) in [5, 5.41) is 8.07. The highest BCUT2D eigenvalue weighted by atomic mass is 19.4. The minimum Gasteiger partial charge on any atom is -0.479 e. The summed E-state index contributed by atoms with van der Waals surface area (Å²) in [5.41, 5.74) is -0.162. The Labute approximate surface area is 239 Å². The zero-order chi connectivity index (χ0) is 30.3. The Bertz CT molecular complexity index is 1450. The third-order valence-electron chi connectivity index (χ3n) is 6.09. The summed E-state index contributed by atoms with van der Waals surface area (Å²) in [6.45, 7) is 7.40. The molecule has 15 heteroatoms. The number of alkyl halides is 3. The number of hydrogen-bond acceptors (Lipinski definition) is 10. The number of carbonyl (C=O) groups is 2. The van der Waals surface area contributed by atoms with Gasteiger partial charge in [0, 0.05) is 43.8 Å². The number of methoxy groups -OCH3 is 1. The molecule has 12 nitrogen and oxygen atoms in total. The van der Waals surface area contributed by atoms with Crippen LogP contribution in [0.4, 0.5) is 52.6 Å². The minimum absolute atomic E-state index is 0.141. The predicted molar refractivity (Wildman–Crippen MR) is 150 cm³/mol. The molecule has 42 heavy (non-hydrogen) atoms. The molecular formula is C27H29F3N8O4. The number of piperazine rings is 1. The van der Waals surface area contributed by atoms with E-state index in [0.717, 1.165) is 6.08 Å². The molecule has 2 amide bonds. The Balaban J connectivity index is 1.53. The van der Waals surface area contributed by atoms with Crippen LogP contribution in [0.25, 0.3) is 0 Å². The van der Waals surface area contributed by atoms with Crippen LogP contribution in [0, 0.1) is 0 Å². The molecule has 3 heterocycles. The number of amides is 2. The van der Waals surface area contributed by atoms with Gasteiger partial charge in [0.05, 0.1) is 13.7 Å². The second-order valence-corrected chi connectivity index (χ2v) is 8.88. The van der Waals surface area contributed by atoms with Gasteiger partial charge in [0.1, 0.15) is 22.9 Å². The molecule has 4 rings (SSSR count). The van der Waals surface area contributed by atoms with Crippen molar-refractivity contribution >= 4 is 46.6 Å². The Hall–Kier alpha value is -5.08. The third kappa shape index (κ3) is 7.35. The fourth-order valence-electron chi connectivity index (χ4n) is 4.06. The van der Waals surface area contributed by atoms with Crippen LogP contribution in [0.15, 0.2) is 55.3 Å². The number of ether oxygens (including phenoxy) is 2. The molecule has 3 N–H and O–H groups in total. The van der Waals surface area contributed by atoms with Gasteiger partial charge < -0.3 is 35.2 Å². The topological polar surface area (TPSA) is 134 Å². The lowest BCUT2D eigenvalue weighted by atomic mass is 10.2. The van der Waals surface area contributed by atoms with E-state index in [1.165, 1.54) is 19.2 Å². The molecule has 0 unspecified atom stereocenters. The van der Waals surface area contributed by atoms with E-state index in [1.807, 2.05) is 4.90 Å². The molecule has 3 aromatic rings. The third-order valence-corrected chi connectivity index (χ3v) is 6.09. The Morgan fingerprint density at radius 3 is 2.48 bits per heavy atom. The fraction of sp³-hybridized carbons (Fsp3) is 0.296. The lowest BCUT2D eigenvalue weighted by Gasteiger charge is -2.34. The molecular weight excluding hydrogens is 557 g/mol. The second-order valence-electron chi connectivity index (χ2n) is 8.88. The van der Waals surface area contributed by atoms with Gasteiger partial charge in [-0.15, -0.1) is 0 Å². The van der Waals surface area contributed by atoms with Crippen molar-refractivity contribution < 1.29 is 32.2 Å². The predicted octanol–water partition coefficient (Wildman–Crippen LogP) is 4.79. The maximum atomic E-state index is 13.8. The smallest absolute Gasteiger partial charge is 0.421 e. The molecule has 1 saturated heterocycles. The molecule has 0 aliphatic carbocycles. The van der Waals surface area contributed by atoms with Gasteiger partial charge in [0.25, 0.3) is 0 Å². The van der Waals surface area contributed by atoms with Gasteiger partial charge >= 0.3 is 12.3 Å². The summed E-state index contributed by atoms with van der Waals surface area (Å²) in [4.78, 5) is 39.6. The van der Waals surface area contributed by atoms with E-state index in [9.17, 15) is 22.8 Å². The molecule has 2 aromatic heterocycles. The summed E-state index contributed by atoms with van der Waals surface area (Å²) in [6.07, 6.45) is -3.36. The van der Waals surface area contributed by atoms with Crippen molar-refractivity contribution in [3.05, 3.63) is 60.8 Å². The van der Waals surface area contributed by atoms with Crippen LogP contribution in [0.2, 0.25) is 0 Å². The van der Waals surface area contributed by atoms with Crippen molar-refractivity contribution in [3.63, 3.8) is 0 Å². The fourth-order valence-corrected chi connectivity index (χ4v) is 4.06. The highest BCUT2D eigenvalue weighted by Gasteiger charge is 2.35.